The molecule has 19 heavy (non-hydrogen) atoms. The molecule has 0 radical (unpaired) electrons. The van der Waals surface area contributed by atoms with Gasteiger partial charge in [0.1, 0.15) is 5.41 Å². The van der Waals surface area contributed by atoms with E-state index in [1.54, 1.807) is 4.90 Å². The van der Waals surface area contributed by atoms with Gasteiger partial charge in [-0.05, 0) is 38.0 Å². The molecule has 1 unspecified atom stereocenters. The van der Waals surface area contributed by atoms with Crippen molar-refractivity contribution < 1.29 is 10.0 Å². The number of rotatable bonds is 5. The van der Waals surface area contributed by atoms with Crippen LogP contribution in [0.2, 0.25) is 0 Å². The minimum Gasteiger partial charge on any atom is -0.409 e. The van der Waals surface area contributed by atoms with Crippen molar-refractivity contribution in [3.63, 3.8) is 0 Å². The van der Waals surface area contributed by atoms with Crippen LogP contribution in [0.15, 0.2) is 5.16 Å². The minimum absolute atomic E-state index is 0.0194. The van der Waals surface area contributed by atoms with Crippen LogP contribution in [0.4, 0.5) is 0 Å². The Hall–Kier alpha value is -1.26. The highest BCUT2D eigenvalue weighted by Crippen LogP contribution is 2.47. The van der Waals surface area contributed by atoms with Crippen LogP contribution in [0.3, 0.4) is 0 Å². The third-order valence-electron chi connectivity index (χ3n) is 4.20. The quantitative estimate of drug-likeness (QED) is 0.347. The molecule has 5 nitrogen and oxygen atoms in total. The summed E-state index contributed by atoms with van der Waals surface area (Å²) in [5, 5.41) is 12.0. The van der Waals surface area contributed by atoms with Crippen LogP contribution < -0.4 is 5.73 Å². The zero-order valence-corrected chi connectivity index (χ0v) is 12.7. The minimum atomic E-state index is -0.784. The van der Waals surface area contributed by atoms with E-state index >= 15 is 0 Å². The zero-order valence-electron chi connectivity index (χ0n) is 12.7. The predicted molar refractivity (Wildman–Crippen MR) is 75.9 cm³/mol. The molecule has 0 aromatic rings. The van der Waals surface area contributed by atoms with E-state index in [0.29, 0.717) is 24.7 Å². The Kier molecular flexibility index (Phi) is 4.82. The fraction of sp³-hybridized carbons (Fsp3) is 0.857. The number of hydrogen-bond acceptors (Lipinski definition) is 3. The van der Waals surface area contributed by atoms with Gasteiger partial charge in [-0.15, -0.1) is 0 Å². The van der Waals surface area contributed by atoms with Gasteiger partial charge in [0.15, 0.2) is 5.84 Å². The summed E-state index contributed by atoms with van der Waals surface area (Å²) in [4.78, 5) is 14.4. The lowest BCUT2D eigenvalue weighted by molar-refractivity contribution is -0.145. The second-order valence-electron chi connectivity index (χ2n) is 6.48. The van der Waals surface area contributed by atoms with E-state index in [4.69, 9.17) is 10.9 Å². The molecule has 0 aromatic heterocycles. The first kappa shape index (κ1) is 15.8. The molecule has 0 saturated heterocycles. The maximum absolute atomic E-state index is 12.7. The van der Waals surface area contributed by atoms with E-state index in [2.05, 4.69) is 25.9 Å². The molecule has 0 spiro atoms. The molecule has 1 aliphatic rings. The van der Waals surface area contributed by atoms with Crippen LogP contribution in [0, 0.1) is 17.3 Å². The van der Waals surface area contributed by atoms with Crippen molar-refractivity contribution in [3.05, 3.63) is 0 Å². The van der Waals surface area contributed by atoms with Gasteiger partial charge in [-0.2, -0.15) is 0 Å². The molecule has 1 atom stereocenters. The Balaban J connectivity index is 2.84. The number of carbonyl (C=O) groups excluding carboxylic acids is 1. The van der Waals surface area contributed by atoms with Crippen molar-refractivity contribution >= 4 is 11.7 Å². The molecule has 110 valence electrons. The Bertz CT molecular complexity index is 360. The van der Waals surface area contributed by atoms with Gasteiger partial charge in [0, 0.05) is 13.1 Å². The highest BCUT2D eigenvalue weighted by atomic mass is 16.4. The van der Waals surface area contributed by atoms with Gasteiger partial charge in [0.25, 0.3) is 0 Å². The number of amides is 1. The van der Waals surface area contributed by atoms with E-state index in [1.165, 1.54) is 0 Å². The van der Waals surface area contributed by atoms with Crippen molar-refractivity contribution in [2.45, 2.75) is 53.0 Å². The normalized spacial score (nSPS) is 28.9. The van der Waals surface area contributed by atoms with Crippen molar-refractivity contribution in [1.82, 2.24) is 4.90 Å². The number of nitrogens with two attached hydrogens (primary N) is 1. The summed E-state index contributed by atoms with van der Waals surface area (Å²) < 4.78 is 0. The Labute approximate surface area is 115 Å². The molecule has 1 fully saturated rings. The molecule has 3 N–H and O–H groups in total. The molecule has 0 aliphatic heterocycles. The summed E-state index contributed by atoms with van der Waals surface area (Å²) in [5.41, 5.74) is 4.98. The molecule has 1 amide bonds. The van der Waals surface area contributed by atoms with E-state index in [9.17, 15) is 4.79 Å². The molecular weight excluding hydrogens is 242 g/mol. The topological polar surface area (TPSA) is 78.9 Å². The predicted octanol–water partition coefficient (Wildman–Crippen LogP) is 2.04. The van der Waals surface area contributed by atoms with E-state index in [-0.39, 0.29) is 17.8 Å². The fourth-order valence-corrected chi connectivity index (χ4v) is 3.10. The summed E-state index contributed by atoms with van der Waals surface area (Å²) in [6.07, 6.45) is 2.28. The van der Waals surface area contributed by atoms with Crippen LogP contribution >= 0.6 is 0 Å². The van der Waals surface area contributed by atoms with E-state index in [1.807, 2.05) is 14.0 Å². The van der Waals surface area contributed by atoms with E-state index in [0.717, 1.165) is 6.42 Å². The Morgan fingerprint density at radius 2 is 2.00 bits per heavy atom. The summed E-state index contributed by atoms with van der Waals surface area (Å²) >= 11 is 0. The second kappa shape index (κ2) is 5.80. The summed E-state index contributed by atoms with van der Waals surface area (Å²) in [7, 11) is 1.81. The monoisotopic (exact) mass is 269 g/mol. The van der Waals surface area contributed by atoms with Gasteiger partial charge in [0.2, 0.25) is 5.91 Å². The van der Waals surface area contributed by atoms with Crippen molar-refractivity contribution in [2.24, 2.45) is 28.1 Å². The molecular formula is C14H27N3O2. The van der Waals surface area contributed by atoms with Gasteiger partial charge >= 0.3 is 0 Å². The SMILES string of the molecule is CC(C)CC(C)N(C)C(=O)C1(C(N)=NO)CC(C)C1. The molecule has 1 aliphatic carbocycles. The number of hydrogen-bond donors (Lipinski definition) is 2. The Morgan fingerprint density at radius 1 is 1.47 bits per heavy atom. The maximum atomic E-state index is 12.7. The lowest BCUT2D eigenvalue weighted by Crippen LogP contribution is -2.58. The molecule has 1 rings (SSSR count). The molecule has 0 aromatic carbocycles. The third-order valence-corrected chi connectivity index (χ3v) is 4.20. The third kappa shape index (κ3) is 3.01. The van der Waals surface area contributed by atoms with Crippen molar-refractivity contribution in [1.29, 1.82) is 0 Å². The largest absolute Gasteiger partial charge is 0.409 e. The molecule has 0 bridgehead atoms. The van der Waals surface area contributed by atoms with Gasteiger partial charge < -0.3 is 15.8 Å². The van der Waals surface area contributed by atoms with Gasteiger partial charge in [-0.3, -0.25) is 4.79 Å². The Morgan fingerprint density at radius 3 is 2.37 bits per heavy atom. The lowest BCUT2D eigenvalue weighted by atomic mass is 9.61. The average Bonchev–Trinajstić information content (AvgIpc) is 2.30. The van der Waals surface area contributed by atoms with Gasteiger partial charge in [-0.25, -0.2) is 0 Å². The molecule has 0 heterocycles. The summed E-state index contributed by atoms with van der Waals surface area (Å²) in [6.45, 7) is 8.40. The summed E-state index contributed by atoms with van der Waals surface area (Å²) in [5.74, 6) is 1.01. The van der Waals surface area contributed by atoms with Crippen LogP contribution in [-0.4, -0.2) is 34.9 Å². The standard InChI is InChI=1S/C14H27N3O2/c1-9(2)6-11(4)17(5)13(18)14(12(15)16-19)7-10(3)8-14/h9-11,19H,6-8H2,1-5H3,(H2,15,16). The number of oxime groups is 1. The molecule has 1 saturated carbocycles. The first-order valence-electron chi connectivity index (χ1n) is 6.99. The maximum Gasteiger partial charge on any atom is 0.236 e. The number of carbonyl (C=O) groups is 1. The van der Waals surface area contributed by atoms with Crippen LogP contribution in [-0.2, 0) is 4.79 Å². The van der Waals surface area contributed by atoms with E-state index < -0.39 is 5.41 Å². The van der Waals surface area contributed by atoms with Crippen LogP contribution in [0.5, 0.6) is 0 Å². The van der Waals surface area contributed by atoms with Gasteiger partial charge in [0.05, 0.1) is 0 Å². The van der Waals surface area contributed by atoms with Crippen LogP contribution in [0.1, 0.15) is 47.0 Å². The van der Waals surface area contributed by atoms with Crippen molar-refractivity contribution in [2.75, 3.05) is 7.05 Å². The van der Waals surface area contributed by atoms with Crippen molar-refractivity contribution in [3.8, 4) is 0 Å². The number of amidine groups is 1. The zero-order chi connectivity index (χ0) is 14.8. The highest BCUT2D eigenvalue weighted by molar-refractivity contribution is 6.07. The first-order valence-corrected chi connectivity index (χ1v) is 6.99. The summed E-state index contributed by atoms with van der Waals surface area (Å²) in [6, 6.07) is 0.159. The first-order chi connectivity index (χ1) is 8.74. The lowest BCUT2D eigenvalue weighted by Gasteiger charge is -2.46. The smallest absolute Gasteiger partial charge is 0.236 e. The number of nitrogens with zero attached hydrogens (tertiary/aromatic N) is 2. The highest BCUT2D eigenvalue weighted by Gasteiger charge is 2.53. The van der Waals surface area contributed by atoms with Crippen LogP contribution in [0.25, 0.3) is 0 Å². The fourth-order valence-electron chi connectivity index (χ4n) is 3.10. The van der Waals surface area contributed by atoms with Gasteiger partial charge in [-0.1, -0.05) is 25.9 Å². The second-order valence-corrected chi connectivity index (χ2v) is 6.48. The molecule has 5 heteroatoms. The average molecular weight is 269 g/mol.